The van der Waals surface area contributed by atoms with E-state index in [0.717, 1.165) is 50.2 Å². The first kappa shape index (κ1) is 18.7. The fraction of sp³-hybridized carbons (Fsp3) is 0.154. The highest BCUT2D eigenvalue weighted by molar-refractivity contribution is 5.98. The summed E-state index contributed by atoms with van der Waals surface area (Å²) in [6.45, 7) is 3.47. The summed E-state index contributed by atoms with van der Waals surface area (Å²) < 4.78 is 5.97. The first-order valence-electron chi connectivity index (χ1n) is 10.7. The smallest absolute Gasteiger partial charge is 0.270 e. The van der Waals surface area contributed by atoms with Crippen molar-refractivity contribution in [3.05, 3.63) is 83.8 Å². The Morgan fingerprint density at radius 2 is 1.81 bits per heavy atom. The number of imidazole rings is 1. The summed E-state index contributed by atoms with van der Waals surface area (Å²) >= 11 is 0. The van der Waals surface area contributed by atoms with Crippen molar-refractivity contribution in [1.82, 2.24) is 19.9 Å². The number of ether oxygens (including phenoxy) is 1. The molecule has 1 amide bonds. The van der Waals surface area contributed by atoms with Crippen LogP contribution in [0.4, 0.5) is 0 Å². The topological polar surface area (TPSA) is 74.0 Å². The molecule has 3 heterocycles. The van der Waals surface area contributed by atoms with Crippen LogP contribution in [0.1, 0.15) is 21.9 Å². The number of H-pyrrole nitrogens is 2. The zero-order valence-corrected chi connectivity index (χ0v) is 17.7. The molecule has 0 saturated carbocycles. The Bertz CT molecular complexity index is 1450. The van der Waals surface area contributed by atoms with Crippen molar-refractivity contribution < 1.29 is 9.53 Å². The molecule has 0 atom stereocenters. The number of hydrogen-bond donors (Lipinski definition) is 2. The Kier molecular flexibility index (Phi) is 4.24. The molecule has 2 N–H and O–H groups in total. The maximum Gasteiger partial charge on any atom is 0.270 e. The van der Waals surface area contributed by atoms with Crippen LogP contribution >= 0.6 is 0 Å². The molecule has 0 spiro atoms. The molecule has 2 aromatic heterocycles. The molecular formula is C26H22N4O2. The Labute approximate surface area is 184 Å². The SMILES string of the molecule is Cc1nc2ccc(-c3ccc4c(c3)CN(C(=O)c3cc5ccccc5[nH]3)CCO4)cc2[nH]1. The molecule has 0 saturated heterocycles. The van der Waals surface area contributed by atoms with E-state index in [2.05, 4.69) is 39.2 Å². The van der Waals surface area contributed by atoms with Gasteiger partial charge in [-0.2, -0.15) is 0 Å². The molecule has 1 aliphatic rings. The third kappa shape index (κ3) is 3.21. The number of hydrogen-bond acceptors (Lipinski definition) is 3. The van der Waals surface area contributed by atoms with Gasteiger partial charge in [-0.3, -0.25) is 4.79 Å². The molecular weight excluding hydrogens is 400 g/mol. The first-order chi connectivity index (χ1) is 15.6. The molecule has 0 fully saturated rings. The molecule has 6 heteroatoms. The maximum atomic E-state index is 13.3. The van der Waals surface area contributed by atoms with Crippen LogP contribution in [-0.4, -0.2) is 38.9 Å². The minimum absolute atomic E-state index is 0.0163. The lowest BCUT2D eigenvalue weighted by atomic mass is 10.0. The van der Waals surface area contributed by atoms with E-state index in [4.69, 9.17) is 4.74 Å². The number of rotatable bonds is 2. The van der Waals surface area contributed by atoms with Crippen molar-refractivity contribution in [1.29, 1.82) is 0 Å². The molecule has 158 valence electrons. The van der Waals surface area contributed by atoms with Crippen LogP contribution in [0.25, 0.3) is 33.1 Å². The second-order valence-electron chi connectivity index (χ2n) is 8.22. The first-order valence-corrected chi connectivity index (χ1v) is 10.7. The van der Waals surface area contributed by atoms with Crippen LogP contribution in [0.15, 0.2) is 66.7 Å². The van der Waals surface area contributed by atoms with Gasteiger partial charge in [0.05, 0.1) is 17.6 Å². The van der Waals surface area contributed by atoms with Gasteiger partial charge in [-0.15, -0.1) is 0 Å². The van der Waals surface area contributed by atoms with Crippen molar-refractivity contribution in [3.63, 3.8) is 0 Å². The van der Waals surface area contributed by atoms with Gasteiger partial charge < -0.3 is 19.6 Å². The molecule has 5 aromatic rings. The normalized spacial score (nSPS) is 13.7. The number of carbonyl (C=O) groups excluding carboxylic acids is 1. The number of aromatic amines is 2. The summed E-state index contributed by atoms with van der Waals surface area (Å²) in [5.41, 5.74) is 6.73. The third-order valence-corrected chi connectivity index (χ3v) is 6.02. The lowest BCUT2D eigenvalue weighted by Gasteiger charge is -2.19. The fourth-order valence-corrected chi connectivity index (χ4v) is 4.42. The van der Waals surface area contributed by atoms with Gasteiger partial charge >= 0.3 is 0 Å². The number of aryl methyl sites for hydroxylation is 1. The van der Waals surface area contributed by atoms with Gasteiger partial charge in [0.2, 0.25) is 0 Å². The van der Waals surface area contributed by atoms with E-state index in [1.165, 1.54) is 0 Å². The lowest BCUT2D eigenvalue weighted by molar-refractivity contribution is 0.0728. The number of amides is 1. The lowest BCUT2D eigenvalue weighted by Crippen LogP contribution is -2.32. The monoisotopic (exact) mass is 422 g/mol. The number of para-hydroxylation sites is 1. The van der Waals surface area contributed by atoms with E-state index >= 15 is 0 Å². The second-order valence-corrected chi connectivity index (χ2v) is 8.22. The summed E-state index contributed by atoms with van der Waals surface area (Å²) in [4.78, 5) is 26.1. The summed E-state index contributed by atoms with van der Waals surface area (Å²) in [5.74, 6) is 1.72. The van der Waals surface area contributed by atoms with Gasteiger partial charge in [0.1, 0.15) is 23.9 Å². The number of benzene rings is 3. The Balaban J connectivity index is 1.32. The summed E-state index contributed by atoms with van der Waals surface area (Å²) in [7, 11) is 0. The molecule has 32 heavy (non-hydrogen) atoms. The predicted octanol–water partition coefficient (Wildman–Crippen LogP) is 5.05. The Hall–Kier alpha value is -4.06. The van der Waals surface area contributed by atoms with Crippen molar-refractivity contribution in [2.75, 3.05) is 13.2 Å². The minimum Gasteiger partial charge on any atom is -0.491 e. The van der Waals surface area contributed by atoms with E-state index in [1.54, 1.807) is 0 Å². The molecule has 0 bridgehead atoms. The highest BCUT2D eigenvalue weighted by Crippen LogP contribution is 2.31. The van der Waals surface area contributed by atoms with Gasteiger partial charge in [0.25, 0.3) is 5.91 Å². The summed E-state index contributed by atoms with van der Waals surface area (Å²) in [6.07, 6.45) is 0. The standard InChI is InChI=1S/C26H22N4O2/c1-16-27-22-8-6-18(13-23(22)28-16)17-7-9-25-20(12-17)15-30(10-11-32-25)26(31)24-14-19-4-2-3-5-21(19)29-24/h2-9,12-14,29H,10-11,15H2,1H3,(H,27,28). The molecule has 0 aliphatic carbocycles. The van der Waals surface area contributed by atoms with E-state index < -0.39 is 0 Å². The minimum atomic E-state index is -0.0163. The van der Waals surface area contributed by atoms with Crippen LogP contribution in [0.2, 0.25) is 0 Å². The highest BCUT2D eigenvalue weighted by atomic mass is 16.5. The summed E-state index contributed by atoms with van der Waals surface area (Å²) in [6, 6.07) is 22.3. The van der Waals surface area contributed by atoms with Gasteiger partial charge in [0.15, 0.2) is 0 Å². The molecule has 0 unspecified atom stereocenters. The van der Waals surface area contributed by atoms with Crippen molar-refractivity contribution in [2.24, 2.45) is 0 Å². The van der Waals surface area contributed by atoms with Crippen LogP contribution < -0.4 is 4.74 Å². The van der Waals surface area contributed by atoms with Crippen molar-refractivity contribution >= 4 is 27.8 Å². The van der Waals surface area contributed by atoms with Gasteiger partial charge in [-0.25, -0.2) is 4.98 Å². The zero-order valence-electron chi connectivity index (χ0n) is 17.7. The van der Waals surface area contributed by atoms with Crippen molar-refractivity contribution in [3.8, 4) is 16.9 Å². The Morgan fingerprint density at radius 1 is 0.969 bits per heavy atom. The fourth-order valence-electron chi connectivity index (χ4n) is 4.42. The van der Waals surface area contributed by atoms with E-state index in [9.17, 15) is 4.79 Å². The number of carbonyl (C=O) groups is 1. The zero-order chi connectivity index (χ0) is 21.7. The van der Waals surface area contributed by atoms with E-state index in [0.29, 0.717) is 25.4 Å². The largest absolute Gasteiger partial charge is 0.491 e. The van der Waals surface area contributed by atoms with Crippen LogP contribution in [0, 0.1) is 6.92 Å². The van der Waals surface area contributed by atoms with Gasteiger partial charge in [-0.1, -0.05) is 30.3 Å². The average molecular weight is 422 g/mol. The maximum absolute atomic E-state index is 13.3. The molecule has 6 rings (SSSR count). The van der Waals surface area contributed by atoms with Crippen LogP contribution in [-0.2, 0) is 6.54 Å². The quantitative estimate of drug-likeness (QED) is 0.418. The van der Waals surface area contributed by atoms with Crippen LogP contribution in [0.3, 0.4) is 0 Å². The number of nitrogens with zero attached hydrogens (tertiary/aromatic N) is 2. The molecule has 0 radical (unpaired) electrons. The van der Waals surface area contributed by atoms with Gasteiger partial charge in [-0.05, 0) is 54.4 Å². The van der Waals surface area contributed by atoms with E-state index in [-0.39, 0.29) is 5.91 Å². The predicted molar refractivity (Wildman–Crippen MR) is 125 cm³/mol. The average Bonchev–Trinajstić information content (AvgIpc) is 3.33. The highest BCUT2D eigenvalue weighted by Gasteiger charge is 2.23. The third-order valence-electron chi connectivity index (χ3n) is 6.02. The molecule has 6 nitrogen and oxygen atoms in total. The van der Waals surface area contributed by atoms with Gasteiger partial charge in [0, 0.05) is 23.0 Å². The van der Waals surface area contributed by atoms with Crippen LogP contribution in [0.5, 0.6) is 5.75 Å². The second kappa shape index (κ2) is 7.27. The van der Waals surface area contributed by atoms with Crippen molar-refractivity contribution in [2.45, 2.75) is 13.5 Å². The van der Waals surface area contributed by atoms with E-state index in [1.807, 2.05) is 54.3 Å². The molecule has 1 aliphatic heterocycles. The summed E-state index contributed by atoms with van der Waals surface area (Å²) in [5, 5.41) is 1.04. The molecule has 3 aromatic carbocycles. The number of fused-ring (bicyclic) bond motifs is 3. The number of aromatic nitrogens is 3. The number of nitrogens with one attached hydrogen (secondary N) is 2. The Morgan fingerprint density at radius 3 is 2.72 bits per heavy atom.